The Bertz CT molecular complexity index is 4410. The first-order valence-electron chi connectivity index (χ1n) is 31.5. The molecule has 0 aromatic heterocycles. The van der Waals surface area contributed by atoms with Gasteiger partial charge in [0, 0.05) is 62.1 Å². The van der Waals surface area contributed by atoms with Crippen LogP contribution in [0.3, 0.4) is 0 Å². The first kappa shape index (κ1) is 78.5. The van der Waals surface area contributed by atoms with E-state index >= 15 is 0 Å². The van der Waals surface area contributed by atoms with E-state index in [1.54, 1.807) is 111 Å². The Morgan fingerprint density at radius 3 is 1.31 bits per heavy atom. The van der Waals surface area contributed by atoms with Crippen molar-refractivity contribution >= 4 is 47.4 Å². The summed E-state index contributed by atoms with van der Waals surface area (Å²) < 4.78 is 15.8. The highest BCUT2D eigenvalue weighted by molar-refractivity contribution is 6.11. The third-order valence-electron chi connectivity index (χ3n) is 15.3. The predicted octanol–water partition coefficient (Wildman–Crippen LogP) is 17.4. The molecule has 10 N–H and O–H groups in total. The van der Waals surface area contributed by atoms with Crippen LogP contribution in [0.4, 0.5) is 0 Å². The number of phenols is 10. The van der Waals surface area contributed by atoms with Gasteiger partial charge in [0.15, 0.2) is 23.1 Å². The fraction of sp³-hybridized carbons (Fsp3) is 0.181. The molecule has 0 aliphatic rings. The zero-order valence-corrected chi connectivity index (χ0v) is 57.9. The number of hydrogen-bond acceptors (Lipinski definition) is 17. The molecule has 0 fully saturated rings. The van der Waals surface area contributed by atoms with Gasteiger partial charge in [-0.1, -0.05) is 91.3 Å². The third-order valence-corrected chi connectivity index (χ3v) is 15.3. The topological polar surface area (TPSA) is 298 Å². The van der Waals surface area contributed by atoms with E-state index in [4.69, 9.17) is 14.2 Å². The average molecular weight is 1360 g/mol. The SMILES string of the molecule is C=CC(C)(C)c1cc(/C=C/C(=O)c2ccc(O)cc2)c(OC)cc1O.CC(C)=CCc1c(O)cc(O)c(C(=O)/C=C/c2ccc(O)cc2)c1O.COc1c(/C=C/C(=O)c2ccc(O)cc2)ccc(O)c1CC=C(C)C.COc1ccc(/C=C/C(=O)c2ccc(O)c(CC=C(C)C)c2O)cc1. The van der Waals surface area contributed by atoms with Crippen molar-refractivity contribution in [2.45, 2.75) is 80.1 Å². The quantitative estimate of drug-likeness (QED) is 0.0162. The zero-order valence-electron chi connectivity index (χ0n) is 57.9. The number of ether oxygens (including phenoxy) is 3. The van der Waals surface area contributed by atoms with E-state index in [1.165, 1.54) is 92.1 Å². The van der Waals surface area contributed by atoms with Crippen LogP contribution in [0.15, 0.2) is 211 Å². The Hall–Kier alpha value is -12.2. The minimum atomic E-state index is -0.596. The normalized spacial score (nSPS) is 10.9. The maximum absolute atomic E-state index is 12.4. The number of ketones is 4. The molecule has 0 atom stereocenters. The summed E-state index contributed by atoms with van der Waals surface area (Å²) in [4.78, 5) is 49.3. The fourth-order valence-corrected chi connectivity index (χ4v) is 9.39. The second kappa shape index (κ2) is 37.3. The smallest absolute Gasteiger partial charge is 0.193 e. The van der Waals surface area contributed by atoms with Crippen molar-refractivity contribution < 1.29 is 84.5 Å². The predicted molar refractivity (Wildman–Crippen MR) is 394 cm³/mol. The first-order chi connectivity index (χ1) is 47.4. The van der Waals surface area contributed by atoms with Crippen LogP contribution >= 0.6 is 0 Å². The minimum Gasteiger partial charge on any atom is -0.508 e. The van der Waals surface area contributed by atoms with Crippen molar-refractivity contribution in [3.8, 4) is 74.7 Å². The summed E-state index contributed by atoms with van der Waals surface area (Å²) in [6.07, 6.45) is 20.6. The first-order valence-corrected chi connectivity index (χ1v) is 31.5. The molecule has 0 spiro atoms. The van der Waals surface area contributed by atoms with Gasteiger partial charge in [0.2, 0.25) is 0 Å². The lowest BCUT2D eigenvalue weighted by molar-refractivity contribution is 0.103. The molecule has 100 heavy (non-hydrogen) atoms. The molecule has 0 radical (unpaired) electrons. The molecule has 17 heteroatoms. The van der Waals surface area contributed by atoms with Gasteiger partial charge in [-0.05, 0) is 212 Å². The van der Waals surface area contributed by atoms with E-state index in [1.807, 2.05) is 79.7 Å². The average Bonchev–Trinajstić information content (AvgIpc) is 0.941. The number of hydrogen-bond donors (Lipinski definition) is 10. The molecule has 8 rings (SSSR count). The lowest BCUT2D eigenvalue weighted by atomic mass is 9.83. The van der Waals surface area contributed by atoms with E-state index in [9.17, 15) is 70.2 Å². The molecule has 0 saturated heterocycles. The van der Waals surface area contributed by atoms with Crippen LogP contribution in [0.2, 0.25) is 0 Å². The summed E-state index contributed by atoms with van der Waals surface area (Å²) in [5.41, 5.74) is 8.45. The van der Waals surface area contributed by atoms with Gasteiger partial charge >= 0.3 is 0 Å². The summed E-state index contributed by atoms with van der Waals surface area (Å²) in [7, 11) is 4.64. The van der Waals surface area contributed by atoms with Gasteiger partial charge in [-0.2, -0.15) is 0 Å². The fourth-order valence-electron chi connectivity index (χ4n) is 9.39. The molecular weight excluding hydrogens is 1270 g/mol. The highest BCUT2D eigenvalue weighted by Gasteiger charge is 2.24. The van der Waals surface area contributed by atoms with Crippen LogP contribution in [0.1, 0.15) is 141 Å². The summed E-state index contributed by atoms with van der Waals surface area (Å²) in [6, 6.07) is 36.1. The molecule has 0 aliphatic carbocycles. The van der Waals surface area contributed by atoms with Gasteiger partial charge in [-0.25, -0.2) is 0 Å². The van der Waals surface area contributed by atoms with Gasteiger partial charge in [0.05, 0.1) is 26.9 Å². The van der Waals surface area contributed by atoms with Crippen LogP contribution in [0, 0.1) is 0 Å². The van der Waals surface area contributed by atoms with E-state index in [2.05, 4.69) is 6.58 Å². The van der Waals surface area contributed by atoms with Crippen molar-refractivity contribution in [3.63, 3.8) is 0 Å². The van der Waals surface area contributed by atoms with Crippen molar-refractivity contribution in [3.05, 3.63) is 278 Å². The monoisotopic (exact) mass is 1350 g/mol. The van der Waals surface area contributed by atoms with E-state index < -0.39 is 22.7 Å². The number of methoxy groups -OCH3 is 3. The summed E-state index contributed by atoms with van der Waals surface area (Å²) in [5, 5.41) is 98.7. The van der Waals surface area contributed by atoms with E-state index in [0.29, 0.717) is 68.8 Å². The Kier molecular flexibility index (Phi) is 29.3. The second-order valence-corrected chi connectivity index (χ2v) is 24.0. The number of phenolic OH excluding ortho intramolecular Hbond substituents is 10. The standard InChI is InChI=1S/3C21H22O4.C20H20O5/c1-14(2)4-11-18-20(24)13-8-16(21(18)25-3)7-12-19(23)15-5-9-17(22)10-6-15;1-14(2)4-10-17-20(23)13-11-18(21(17)24)19(22)12-7-15-5-8-16(25-3)9-6-15;1-5-21(2,3)17-12-15(20(25-4)13-19(17)24)8-11-18(23)14-6-9-16(22)10-7-14;1-12(2)3-9-15-17(23)11-18(24)19(20(15)25)16(22)10-6-13-4-7-14(21)8-5-13/h4-10,12-13,22,24H,11H2,1-3H3;4-9,11-13,23-24H,10H2,1-3H3;5-13,22,24H,1H2,2-4H3;3-8,10-11,21,23-25H,9H2,1-2H3/b2*12-7+;11-8+;10-6+. The Morgan fingerprint density at radius 1 is 0.410 bits per heavy atom. The van der Waals surface area contributed by atoms with Crippen molar-refractivity contribution in [2.24, 2.45) is 0 Å². The molecule has 520 valence electrons. The highest BCUT2D eigenvalue weighted by Crippen LogP contribution is 2.40. The number of carbonyl (C=O) groups is 4. The molecule has 0 aliphatic heterocycles. The Labute approximate surface area is 583 Å². The lowest BCUT2D eigenvalue weighted by Gasteiger charge is -2.23. The minimum absolute atomic E-state index is 0.0225. The van der Waals surface area contributed by atoms with Crippen LogP contribution < -0.4 is 14.2 Å². The van der Waals surface area contributed by atoms with Crippen LogP contribution in [0.25, 0.3) is 24.3 Å². The van der Waals surface area contributed by atoms with Gasteiger partial charge in [-0.15, -0.1) is 6.58 Å². The molecule has 17 nitrogen and oxygen atoms in total. The number of benzene rings is 8. The van der Waals surface area contributed by atoms with E-state index in [-0.39, 0.29) is 86.5 Å². The van der Waals surface area contributed by atoms with Crippen molar-refractivity contribution in [1.29, 1.82) is 0 Å². The van der Waals surface area contributed by atoms with Crippen molar-refractivity contribution in [1.82, 2.24) is 0 Å². The molecule has 0 saturated carbocycles. The van der Waals surface area contributed by atoms with Crippen LogP contribution in [0.5, 0.6) is 74.7 Å². The largest absolute Gasteiger partial charge is 0.508 e. The Balaban J connectivity index is 0.000000240. The molecule has 0 amide bonds. The summed E-state index contributed by atoms with van der Waals surface area (Å²) in [5.74, 6) is -0.325. The molecule has 0 heterocycles. The van der Waals surface area contributed by atoms with Crippen molar-refractivity contribution in [2.75, 3.05) is 21.3 Å². The summed E-state index contributed by atoms with van der Waals surface area (Å²) >= 11 is 0. The molecular formula is C83H86O17. The van der Waals surface area contributed by atoms with Gasteiger partial charge in [-0.3, -0.25) is 19.2 Å². The van der Waals surface area contributed by atoms with Gasteiger partial charge in [0.1, 0.15) is 80.3 Å². The number of carbonyl (C=O) groups excluding carboxylic acids is 4. The number of rotatable bonds is 23. The van der Waals surface area contributed by atoms with Crippen LogP contribution in [-0.2, 0) is 24.7 Å². The Morgan fingerprint density at radius 2 is 0.840 bits per heavy atom. The van der Waals surface area contributed by atoms with Crippen LogP contribution in [-0.4, -0.2) is 95.5 Å². The van der Waals surface area contributed by atoms with Gasteiger partial charge < -0.3 is 65.3 Å². The molecule has 0 unspecified atom stereocenters. The maximum Gasteiger partial charge on any atom is 0.193 e. The zero-order chi connectivity index (χ0) is 74.0. The van der Waals surface area contributed by atoms with E-state index in [0.717, 1.165) is 34.1 Å². The molecule has 8 aromatic carbocycles. The number of allylic oxidation sites excluding steroid dienone is 11. The lowest BCUT2D eigenvalue weighted by Crippen LogP contribution is -2.13. The highest BCUT2D eigenvalue weighted by atomic mass is 16.5. The summed E-state index contributed by atoms with van der Waals surface area (Å²) in [6.45, 7) is 19.3. The third kappa shape index (κ3) is 23.0. The number of aromatic hydroxyl groups is 10. The van der Waals surface area contributed by atoms with Gasteiger partial charge in [0.25, 0.3) is 0 Å². The maximum atomic E-state index is 12.4. The second-order valence-electron chi connectivity index (χ2n) is 24.0. The molecule has 8 aromatic rings. The molecule has 0 bridgehead atoms.